The second-order valence-electron chi connectivity index (χ2n) is 4.27. The summed E-state index contributed by atoms with van der Waals surface area (Å²) in [5.41, 5.74) is 1.05. The molecule has 0 bridgehead atoms. The fraction of sp³-hybridized carbons (Fsp3) is 0.308. The van der Waals surface area contributed by atoms with E-state index in [0.717, 1.165) is 5.56 Å². The van der Waals surface area contributed by atoms with Crippen molar-refractivity contribution in [3.63, 3.8) is 0 Å². The lowest BCUT2D eigenvalue weighted by Crippen LogP contribution is -2.44. The molecule has 1 aliphatic heterocycles. The Morgan fingerprint density at radius 2 is 2.00 bits per heavy atom. The molecule has 6 nitrogen and oxygen atoms in total. The minimum atomic E-state index is -1.01. The van der Waals surface area contributed by atoms with Gasteiger partial charge in [-0.25, -0.2) is 9.68 Å². The van der Waals surface area contributed by atoms with E-state index >= 15 is 0 Å². The monoisotopic (exact) mass is 341 g/mol. The van der Waals surface area contributed by atoms with Crippen molar-refractivity contribution in [1.29, 1.82) is 0 Å². The number of benzene rings is 1. The van der Waals surface area contributed by atoms with Crippen LogP contribution in [0, 0.1) is 5.92 Å². The number of amides is 2. The number of alkyl halides is 1. The second kappa shape index (κ2) is 6.51. The topological polar surface area (TPSA) is 81.7 Å². The van der Waals surface area contributed by atoms with E-state index in [0.29, 0.717) is 11.1 Å². The predicted octanol–water partition coefficient (Wildman–Crippen LogP) is 1.47. The number of nitrogens with one attached hydrogen (secondary N) is 1. The van der Waals surface area contributed by atoms with Crippen molar-refractivity contribution in [3.05, 3.63) is 29.8 Å². The summed E-state index contributed by atoms with van der Waals surface area (Å²) in [7, 11) is 0. The predicted molar refractivity (Wildman–Crippen MR) is 71.7 cm³/mol. The van der Waals surface area contributed by atoms with E-state index in [1.807, 2.05) is 12.1 Å². The van der Waals surface area contributed by atoms with Crippen molar-refractivity contribution in [2.45, 2.75) is 18.2 Å². The van der Waals surface area contributed by atoms with Crippen molar-refractivity contribution in [2.75, 3.05) is 0 Å². The maximum Gasteiger partial charge on any atom is 0.367 e. The largest absolute Gasteiger partial charge is 0.367 e. The van der Waals surface area contributed by atoms with Gasteiger partial charge in [-0.05, 0) is 24.1 Å². The van der Waals surface area contributed by atoms with Crippen molar-refractivity contribution >= 4 is 33.7 Å². The Kier molecular flexibility index (Phi) is 4.73. The molecular formula is C13H12BrNO5. The molecule has 1 aromatic carbocycles. The number of hydrogen-bond donors (Lipinski definition) is 1. The summed E-state index contributed by atoms with van der Waals surface area (Å²) in [5, 5.41) is 2.80. The van der Waals surface area contributed by atoms with Crippen LogP contribution in [0.15, 0.2) is 24.3 Å². The lowest BCUT2D eigenvalue weighted by atomic mass is 9.99. The van der Waals surface area contributed by atoms with Gasteiger partial charge in [0.1, 0.15) is 5.92 Å². The molecule has 1 aromatic rings. The number of rotatable bonds is 4. The van der Waals surface area contributed by atoms with Crippen molar-refractivity contribution in [3.8, 4) is 5.75 Å². The first-order valence-electron chi connectivity index (χ1n) is 5.97. The third-order valence-electron chi connectivity index (χ3n) is 2.82. The van der Waals surface area contributed by atoms with Gasteiger partial charge >= 0.3 is 5.97 Å². The van der Waals surface area contributed by atoms with Crippen LogP contribution in [0.4, 0.5) is 0 Å². The Labute approximate surface area is 123 Å². The Hall–Kier alpha value is -1.89. The SMILES string of the molecule is O=C1CCC(C(=O)OOc2ccc(CBr)cc2)C(=O)N1. The molecule has 20 heavy (non-hydrogen) atoms. The standard InChI is InChI=1S/C13H12BrNO5/c14-7-8-1-3-9(4-2-8)19-20-13(18)10-5-6-11(16)15-12(10)17/h1-4,10H,5-7H2,(H,15,16,17). The third-order valence-corrected chi connectivity index (χ3v) is 3.47. The van der Waals surface area contributed by atoms with E-state index in [4.69, 9.17) is 4.89 Å². The molecule has 1 atom stereocenters. The van der Waals surface area contributed by atoms with E-state index in [1.54, 1.807) is 12.1 Å². The summed E-state index contributed by atoms with van der Waals surface area (Å²) in [6.07, 6.45) is 0.251. The summed E-state index contributed by atoms with van der Waals surface area (Å²) >= 11 is 3.31. The van der Waals surface area contributed by atoms with Gasteiger partial charge in [0, 0.05) is 11.8 Å². The average Bonchev–Trinajstić information content (AvgIpc) is 2.45. The van der Waals surface area contributed by atoms with E-state index in [2.05, 4.69) is 26.1 Å². The van der Waals surface area contributed by atoms with Crippen LogP contribution >= 0.6 is 15.9 Å². The Morgan fingerprint density at radius 1 is 1.30 bits per heavy atom. The number of halogens is 1. The molecule has 7 heteroatoms. The zero-order valence-corrected chi connectivity index (χ0v) is 12.0. The molecule has 106 valence electrons. The van der Waals surface area contributed by atoms with Gasteiger partial charge in [0.25, 0.3) is 0 Å². The van der Waals surface area contributed by atoms with Gasteiger partial charge in [0.05, 0.1) is 0 Å². The van der Waals surface area contributed by atoms with Gasteiger partial charge < -0.3 is 0 Å². The van der Waals surface area contributed by atoms with E-state index < -0.39 is 17.8 Å². The summed E-state index contributed by atoms with van der Waals surface area (Å²) in [5.74, 6) is -2.49. The lowest BCUT2D eigenvalue weighted by Gasteiger charge is -2.18. The molecule has 1 fully saturated rings. The molecule has 1 unspecified atom stereocenters. The van der Waals surface area contributed by atoms with E-state index in [9.17, 15) is 14.4 Å². The van der Waals surface area contributed by atoms with Crippen LogP contribution in [0.1, 0.15) is 18.4 Å². The normalized spacial score (nSPS) is 18.4. The van der Waals surface area contributed by atoms with Crippen LogP contribution in [0.5, 0.6) is 5.75 Å². The maximum absolute atomic E-state index is 11.7. The van der Waals surface area contributed by atoms with Crippen LogP contribution in [0.25, 0.3) is 0 Å². The molecule has 0 aliphatic carbocycles. The molecule has 0 saturated carbocycles. The van der Waals surface area contributed by atoms with Gasteiger partial charge in [-0.3, -0.25) is 19.8 Å². The highest BCUT2D eigenvalue weighted by atomic mass is 79.9. The molecule has 1 N–H and O–H groups in total. The van der Waals surface area contributed by atoms with Gasteiger partial charge in [-0.15, -0.1) is 0 Å². The Bertz CT molecular complexity index is 528. The zero-order chi connectivity index (χ0) is 14.5. The molecule has 1 aliphatic rings. The van der Waals surface area contributed by atoms with Gasteiger partial charge in [0.15, 0.2) is 5.75 Å². The lowest BCUT2D eigenvalue weighted by molar-refractivity contribution is -0.219. The first-order valence-corrected chi connectivity index (χ1v) is 7.09. The van der Waals surface area contributed by atoms with Gasteiger partial charge in [-0.2, -0.15) is 0 Å². The van der Waals surface area contributed by atoms with Gasteiger partial charge in [0.2, 0.25) is 11.8 Å². The first-order chi connectivity index (χ1) is 9.60. The van der Waals surface area contributed by atoms with Crippen molar-refractivity contribution in [1.82, 2.24) is 5.32 Å². The van der Waals surface area contributed by atoms with Gasteiger partial charge in [-0.1, -0.05) is 28.1 Å². The molecule has 2 rings (SSSR count). The molecular weight excluding hydrogens is 330 g/mol. The fourth-order valence-electron chi connectivity index (χ4n) is 1.70. The average molecular weight is 342 g/mol. The summed E-state index contributed by atoms with van der Waals surface area (Å²) in [4.78, 5) is 43.6. The number of hydrogen-bond acceptors (Lipinski definition) is 5. The van der Waals surface area contributed by atoms with Crippen LogP contribution < -0.4 is 10.2 Å². The molecule has 0 aromatic heterocycles. The zero-order valence-electron chi connectivity index (χ0n) is 10.4. The number of carbonyl (C=O) groups excluding carboxylic acids is 3. The second-order valence-corrected chi connectivity index (χ2v) is 4.83. The first kappa shape index (κ1) is 14.5. The Balaban J connectivity index is 1.88. The quantitative estimate of drug-likeness (QED) is 0.295. The van der Waals surface area contributed by atoms with Crippen LogP contribution in [-0.4, -0.2) is 17.8 Å². The Morgan fingerprint density at radius 3 is 2.60 bits per heavy atom. The highest BCUT2D eigenvalue weighted by molar-refractivity contribution is 9.08. The maximum atomic E-state index is 11.7. The number of imide groups is 1. The van der Waals surface area contributed by atoms with Crippen LogP contribution in [0.3, 0.4) is 0 Å². The number of piperidine rings is 1. The molecule has 0 spiro atoms. The van der Waals surface area contributed by atoms with E-state index in [-0.39, 0.29) is 18.7 Å². The third kappa shape index (κ3) is 3.57. The fourth-order valence-corrected chi connectivity index (χ4v) is 2.07. The molecule has 1 heterocycles. The van der Waals surface area contributed by atoms with E-state index in [1.165, 1.54) is 0 Å². The summed E-state index contributed by atoms with van der Waals surface area (Å²) in [6.45, 7) is 0. The number of carbonyl (C=O) groups is 3. The smallest absolute Gasteiger partial charge is 0.296 e. The highest BCUT2D eigenvalue weighted by Crippen LogP contribution is 2.17. The van der Waals surface area contributed by atoms with Crippen LogP contribution in [0.2, 0.25) is 0 Å². The molecule has 2 amide bonds. The summed E-state index contributed by atoms with van der Waals surface area (Å²) in [6, 6.07) is 6.91. The summed E-state index contributed by atoms with van der Waals surface area (Å²) < 4.78 is 0. The minimum absolute atomic E-state index is 0.117. The van der Waals surface area contributed by atoms with Crippen molar-refractivity contribution < 1.29 is 24.2 Å². The van der Waals surface area contributed by atoms with Crippen molar-refractivity contribution in [2.24, 2.45) is 5.92 Å². The van der Waals surface area contributed by atoms with Crippen LogP contribution in [-0.2, 0) is 24.6 Å². The highest BCUT2D eigenvalue weighted by Gasteiger charge is 2.34. The molecule has 1 saturated heterocycles. The molecule has 0 radical (unpaired) electrons. The minimum Gasteiger partial charge on any atom is -0.296 e.